The lowest BCUT2D eigenvalue weighted by molar-refractivity contribution is 0.793. The Balaban J connectivity index is 2.21. The molecule has 2 aromatic rings. The van der Waals surface area contributed by atoms with Crippen LogP contribution < -0.4 is 5.32 Å². The Morgan fingerprint density at radius 3 is 2.82 bits per heavy atom. The predicted octanol–water partition coefficient (Wildman–Crippen LogP) is 4.14. The van der Waals surface area contributed by atoms with Crippen molar-refractivity contribution in [1.82, 2.24) is 5.32 Å². The highest BCUT2D eigenvalue weighted by atomic mass is 35.5. The molecular formula is C14H16ClNS. The van der Waals surface area contributed by atoms with Gasteiger partial charge < -0.3 is 5.32 Å². The molecule has 1 aromatic carbocycles. The minimum Gasteiger partial charge on any atom is -0.319 e. The molecule has 0 aliphatic heterocycles. The first-order chi connectivity index (χ1) is 8.20. The van der Waals surface area contributed by atoms with E-state index in [0.29, 0.717) is 0 Å². The van der Waals surface area contributed by atoms with Crippen LogP contribution in [0.1, 0.15) is 11.1 Å². The van der Waals surface area contributed by atoms with Crippen molar-refractivity contribution >= 4 is 22.9 Å². The molecule has 0 atom stereocenters. The number of thiophene rings is 1. The van der Waals surface area contributed by atoms with Gasteiger partial charge in [0.1, 0.15) is 0 Å². The Morgan fingerprint density at radius 1 is 1.29 bits per heavy atom. The van der Waals surface area contributed by atoms with E-state index in [1.165, 1.54) is 16.0 Å². The highest BCUT2D eigenvalue weighted by Gasteiger charge is 2.04. The number of hydrogen-bond donors (Lipinski definition) is 1. The number of aryl methyl sites for hydroxylation is 1. The van der Waals surface area contributed by atoms with Gasteiger partial charge in [-0.2, -0.15) is 0 Å². The summed E-state index contributed by atoms with van der Waals surface area (Å²) in [6.45, 7) is 3.05. The summed E-state index contributed by atoms with van der Waals surface area (Å²) in [7, 11) is 1.98. The molecule has 1 N–H and O–H groups in total. The summed E-state index contributed by atoms with van der Waals surface area (Å²) in [5.74, 6) is 0. The van der Waals surface area contributed by atoms with Crippen LogP contribution in [0, 0.1) is 6.92 Å². The van der Waals surface area contributed by atoms with Crippen LogP contribution in [0.15, 0.2) is 29.6 Å². The van der Waals surface area contributed by atoms with Crippen molar-refractivity contribution in [1.29, 1.82) is 0 Å². The van der Waals surface area contributed by atoms with Gasteiger partial charge in [0.2, 0.25) is 0 Å². The van der Waals surface area contributed by atoms with E-state index in [1.54, 1.807) is 11.3 Å². The number of nitrogens with one attached hydrogen (secondary N) is 1. The molecular weight excluding hydrogens is 250 g/mol. The number of hydrogen-bond acceptors (Lipinski definition) is 2. The Labute approximate surface area is 111 Å². The topological polar surface area (TPSA) is 12.0 Å². The van der Waals surface area contributed by atoms with Gasteiger partial charge in [-0.15, -0.1) is 11.3 Å². The Hall–Kier alpha value is -0.830. The van der Waals surface area contributed by atoms with Crippen LogP contribution in [0.2, 0.25) is 5.02 Å². The van der Waals surface area contributed by atoms with Gasteiger partial charge in [-0.25, -0.2) is 0 Å². The van der Waals surface area contributed by atoms with E-state index < -0.39 is 0 Å². The molecule has 17 heavy (non-hydrogen) atoms. The smallest absolute Gasteiger partial charge is 0.0441 e. The highest BCUT2D eigenvalue weighted by molar-refractivity contribution is 7.13. The van der Waals surface area contributed by atoms with Crippen LogP contribution in [-0.4, -0.2) is 13.6 Å². The van der Waals surface area contributed by atoms with E-state index in [0.717, 1.165) is 23.6 Å². The average molecular weight is 266 g/mol. The van der Waals surface area contributed by atoms with Crippen molar-refractivity contribution < 1.29 is 0 Å². The number of halogens is 1. The fourth-order valence-electron chi connectivity index (χ4n) is 1.67. The zero-order chi connectivity index (χ0) is 12.3. The lowest BCUT2D eigenvalue weighted by atomic mass is 10.1. The van der Waals surface area contributed by atoms with E-state index in [9.17, 15) is 0 Å². The quantitative estimate of drug-likeness (QED) is 0.876. The van der Waals surface area contributed by atoms with Crippen molar-refractivity contribution in [2.24, 2.45) is 0 Å². The normalized spacial score (nSPS) is 10.8. The SMILES string of the molecule is CNCCc1csc(-c2ccc(C)c(Cl)c2)c1. The van der Waals surface area contributed by atoms with Gasteiger partial charge in [-0.3, -0.25) is 0 Å². The minimum absolute atomic E-state index is 0.840. The molecule has 1 nitrogen and oxygen atoms in total. The summed E-state index contributed by atoms with van der Waals surface area (Å²) < 4.78 is 0. The van der Waals surface area contributed by atoms with Crippen molar-refractivity contribution in [2.75, 3.05) is 13.6 Å². The molecule has 2 rings (SSSR count). The molecule has 3 heteroatoms. The van der Waals surface area contributed by atoms with Crippen molar-refractivity contribution in [3.05, 3.63) is 45.8 Å². The molecule has 1 aromatic heterocycles. The van der Waals surface area contributed by atoms with Crippen molar-refractivity contribution in [2.45, 2.75) is 13.3 Å². The van der Waals surface area contributed by atoms with Crippen molar-refractivity contribution in [3.8, 4) is 10.4 Å². The van der Waals surface area contributed by atoms with Gasteiger partial charge in [0.25, 0.3) is 0 Å². The van der Waals surface area contributed by atoms with Gasteiger partial charge in [0.05, 0.1) is 0 Å². The third kappa shape index (κ3) is 3.09. The van der Waals surface area contributed by atoms with Gasteiger partial charge in [0.15, 0.2) is 0 Å². The molecule has 0 saturated heterocycles. The van der Waals surface area contributed by atoms with E-state index in [2.05, 4.69) is 28.9 Å². The van der Waals surface area contributed by atoms with Gasteiger partial charge >= 0.3 is 0 Å². The van der Waals surface area contributed by atoms with Crippen LogP contribution >= 0.6 is 22.9 Å². The third-order valence-corrected chi connectivity index (χ3v) is 4.21. The maximum atomic E-state index is 6.15. The maximum absolute atomic E-state index is 6.15. The average Bonchev–Trinajstić information content (AvgIpc) is 2.79. The lowest BCUT2D eigenvalue weighted by Crippen LogP contribution is -2.09. The van der Waals surface area contributed by atoms with E-state index in [1.807, 2.05) is 20.0 Å². The fraction of sp³-hybridized carbons (Fsp3) is 0.286. The first-order valence-corrected chi connectivity index (χ1v) is 6.95. The second-order valence-electron chi connectivity index (χ2n) is 4.14. The molecule has 0 saturated carbocycles. The predicted molar refractivity (Wildman–Crippen MR) is 77.1 cm³/mol. The van der Waals surface area contributed by atoms with Crippen LogP contribution in [0.4, 0.5) is 0 Å². The number of rotatable bonds is 4. The molecule has 0 radical (unpaired) electrons. The first kappa shape index (κ1) is 12.6. The second-order valence-corrected chi connectivity index (χ2v) is 5.46. The molecule has 0 amide bonds. The zero-order valence-electron chi connectivity index (χ0n) is 10.1. The molecule has 90 valence electrons. The number of benzene rings is 1. The largest absolute Gasteiger partial charge is 0.319 e. The zero-order valence-corrected chi connectivity index (χ0v) is 11.7. The highest BCUT2D eigenvalue weighted by Crippen LogP contribution is 2.30. The van der Waals surface area contributed by atoms with Gasteiger partial charge in [0, 0.05) is 9.90 Å². The van der Waals surface area contributed by atoms with Crippen molar-refractivity contribution in [3.63, 3.8) is 0 Å². The number of likely N-dealkylation sites (N-methyl/N-ethyl adjacent to an activating group) is 1. The first-order valence-electron chi connectivity index (χ1n) is 5.69. The standard InChI is InChI=1S/C14H16ClNS/c1-10-3-4-12(8-13(10)15)14-7-11(9-17-14)5-6-16-2/h3-4,7-9,16H,5-6H2,1-2H3. The van der Waals surface area contributed by atoms with Crippen LogP contribution in [0.25, 0.3) is 10.4 Å². The molecule has 0 bridgehead atoms. The van der Waals surface area contributed by atoms with E-state index >= 15 is 0 Å². The summed E-state index contributed by atoms with van der Waals surface area (Å²) in [5, 5.41) is 6.23. The molecule has 1 heterocycles. The Kier molecular flexibility index (Phi) is 4.21. The summed E-state index contributed by atoms with van der Waals surface area (Å²) in [4.78, 5) is 1.29. The summed E-state index contributed by atoms with van der Waals surface area (Å²) in [6.07, 6.45) is 1.08. The van der Waals surface area contributed by atoms with Crippen LogP contribution in [-0.2, 0) is 6.42 Å². The van der Waals surface area contributed by atoms with Gasteiger partial charge in [-0.05, 0) is 61.1 Å². The van der Waals surface area contributed by atoms with Gasteiger partial charge in [-0.1, -0.05) is 23.7 Å². The Morgan fingerprint density at radius 2 is 2.12 bits per heavy atom. The minimum atomic E-state index is 0.840. The fourth-order valence-corrected chi connectivity index (χ4v) is 2.80. The lowest BCUT2D eigenvalue weighted by Gasteiger charge is -2.01. The van der Waals surface area contributed by atoms with Crippen LogP contribution in [0.5, 0.6) is 0 Å². The molecule has 0 fully saturated rings. The summed E-state index contributed by atoms with van der Waals surface area (Å²) >= 11 is 7.93. The van der Waals surface area contributed by atoms with E-state index in [4.69, 9.17) is 11.6 Å². The maximum Gasteiger partial charge on any atom is 0.0441 e. The molecule has 0 spiro atoms. The molecule has 0 unspecified atom stereocenters. The van der Waals surface area contributed by atoms with Crippen LogP contribution in [0.3, 0.4) is 0 Å². The second kappa shape index (κ2) is 5.67. The summed E-state index contributed by atoms with van der Waals surface area (Å²) in [5.41, 5.74) is 3.72. The third-order valence-electron chi connectivity index (χ3n) is 2.77. The Bertz CT molecular complexity index is 505. The molecule has 0 aliphatic rings. The monoisotopic (exact) mass is 265 g/mol. The summed E-state index contributed by atoms with van der Waals surface area (Å²) in [6, 6.07) is 8.51. The van der Waals surface area contributed by atoms with E-state index in [-0.39, 0.29) is 0 Å². The molecule has 0 aliphatic carbocycles.